The fourth-order valence-corrected chi connectivity index (χ4v) is 2.66. The molecule has 1 amide bonds. The molecule has 1 aliphatic heterocycles. The van der Waals surface area contributed by atoms with E-state index >= 15 is 0 Å². The summed E-state index contributed by atoms with van der Waals surface area (Å²) in [4.78, 5) is 11.8. The van der Waals surface area contributed by atoms with Crippen LogP contribution >= 0.6 is 12.4 Å². The van der Waals surface area contributed by atoms with Gasteiger partial charge < -0.3 is 10.6 Å². The smallest absolute Gasteiger partial charge is 0.220 e. The molecule has 1 heterocycles. The normalized spacial score (nSPS) is 17.3. The Hall–Kier alpha value is -1.06. The van der Waals surface area contributed by atoms with E-state index in [1.54, 1.807) is 0 Å². The van der Waals surface area contributed by atoms with E-state index in [9.17, 15) is 4.79 Å². The first kappa shape index (κ1) is 18.0. The van der Waals surface area contributed by atoms with Gasteiger partial charge in [-0.1, -0.05) is 31.2 Å². The molecule has 1 unspecified atom stereocenters. The lowest BCUT2D eigenvalue weighted by molar-refractivity contribution is -0.121. The van der Waals surface area contributed by atoms with Gasteiger partial charge in [0, 0.05) is 13.0 Å². The van der Waals surface area contributed by atoms with Crippen molar-refractivity contribution in [3.63, 3.8) is 0 Å². The van der Waals surface area contributed by atoms with Gasteiger partial charge in [0.1, 0.15) is 0 Å². The number of amides is 1. The van der Waals surface area contributed by atoms with Gasteiger partial charge in [-0.3, -0.25) is 4.79 Å². The van der Waals surface area contributed by atoms with Gasteiger partial charge in [-0.25, -0.2) is 0 Å². The highest BCUT2D eigenvalue weighted by Gasteiger charge is 2.13. The lowest BCUT2D eigenvalue weighted by Crippen LogP contribution is -2.26. The molecule has 0 radical (unpaired) electrons. The zero-order valence-electron chi connectivity index (χ0n) is 12.9. The van der Waals surface area contributed by atoms with Crippen LogP contribution in [-0.4, -0.2) is 25.5 Å². The predicted octanol–water partition coefficient (Wildman–Crippen LogP) is 2.72. The Labute approximate surface area is 134 Å². The second kappa shape index (κ2) is 9.80. The second-order valence-corrected chi connectivity index (χ2v) is 5.67. The van der Waals surface area contributed by atoms with Crippen LogP contribution in [0.1, 0.15) is 37.3 Å². The van der Waals surface area contributed by atoms with Gasteiger partial charge in [0.15, 0.2) is 0 Å². The van der Waals surface area contributed by atoms with E-state index in [1.165, 1.54) is 17.5 Å². The van der Waals surface area contributed by atoms with E-state index in [-0.39, 0.29) is 18.3 Å². The molecule has 1 fully saturated rings. The van der Waals surface area contributed by atoms with Crippen molar-refractivity contribution in [1.82, 2.24) is 10.6 Å². The molecule has 1 atom stereocenters. The van der Waals surface area contributed by atoms with Crippen molar-refractivity contribution >= 4 is 18.3 Å². The van der Waals surface area contributed by atoms with Crippen LogP contribution in [0.25, 0.3) is 0 Å². The fraction of sp³-hybridized carbons (Fsp3) is 0.588. The first-order chi connectivity index (χ1) is 9.78. The van der Waals surface area contributed by atoms with E-state index < -0.39 is 0 Å². The minimum atomic E-state index is 0. The second-order valence-electron chi connectivity index (χ2n) is 5.67. The third-order valence-corrected chi connectivity index (χ3v) is 4.11. The number of aryl methyl sites for hydroxylation is 2. The number of nitrogens with one attached hydrogen (secondary N) is 2. The summed E-state index contributed by atoms with van der Waals surface area (Å²) in [6.45, 7) is 5.22. The highest BCUT2D eigenvalue weighted by molar-refractivity contribution is 5.85. The minimum Gasteiger partial charge on any atom is -0.356 e. The SMILES string of the molecule is CCc1ccc(CCC(=O)NCCC2CCNC2)cc1.Cl. The zero-order chi connectivity index (χ0) is 14.2. The minimum absolute atomic E-state index is 0. The molecule has 1 aromatic rings. The van der Waals surface area contributed by atoms with Crippen molar-refractivity contribution in [3.8, 4) is 0 Å². The van der Waals surface area contributed by atoms with E-state index in [0.29, 0.717) is 6.42 Å². The lowest BCUT2D eigenvalue weighted by atomic mass is 10.0. The van der Waals surface area contributed by atoms with Gasteiger partial charge >= 0.3 is 0 Å². The molecule has 1 saturated heterocycles. The van der Waals surface area contributed by atoms with Crippen LogP contribution in [0.3, 0.4) is 0 Å². The van der Waals surface area contributed by atoms with Crippen molar-refractivity contribution in [3.05, 3.63) is 35.4 Å². The predicted molar refractivity (Wildman–Crippen MR) is 90.0 cm³/mol. The van der Waals surface area contributed by atoms with Crippen LogP contribution in [0.4, 0.5) is 0 Å². The summed E-state index contributed by atoms with van der Waals surface area (Å²) < 4.78 is 0. The van der Waals surface area contributed by atoms with Crippen LogP contribution in [-0.2, 0) is 17.6 Å². The molecule has 2 N–H and O–H groups in total. The average Bonchev–Trinajstić information content (AvgIpc) is 2.99. The van der Waals surface area contributed by atoms with Crippen molar-refractivity contribution in [2.75, 3.05) is 19.6 Å². The highest BCUT2D eigenvalue weighted by atomic mass is 35.5. The van der Waals surface area contributed by atoms with Crippen molar-refractivity contribution in [2.45, 2.75) is 39.0 Å². The van der Waals surface area contributed by atoms with Crippen molar-refractivity contribution < 1.29 is 4.79 Å². The van der Waals surface area contributed by atoms with Crippen molar-refractivity contribution in [1.29, 1.82) is 0 Å². The Morgan fingerprint density at radius 3 is 2.62 bits per heavy atom. The van der Waals surface area contributed by atoms with Gasteiger partial charge in [-0.2, -0.15) is 0 Å². The van der Waals surface area contributed by atoms with Gasteiger partial charge in [0.2, 0.25) is 5.91 Å². The summed E-state index contributed by atoms with van der Waals surface area (Å²) in [6.07, 6.45) is 4.84. The molecule has 0 saturated carbocycles. The number of rotatable bonds is 7. The van der Waals surface area contributed by atoms with Crippen LogP contribution in [0.15, 0.2) is 24.3 Å². The summed E-state index contributed by atoms with van der Waals surface area (Å²) in [5.74, 6) is 0.924. The highest BCUT2D eigenvalue weighted by Crippen LogP contribution is 2.11. The van der Waals surface area contributed by atoms with E-state index in [0.717, 1.165) is 44.8 Å². The topological polar surface area (TPSA) is 41.1 Å². The molecule has 0 aromatic heterocycles. The molecule has 21 heavy (non-hydrogen) atoms. The number of hydrogen-bond acceptors (Lipinski definition) is 2. The van der Waals surface area contributed by atoms with Gasteiger partial charge in [-0.15, -0.1) is 12.4 Å². The lowest BCUT2D eigenvalue weighted by Gasteiger charge is -2.09. The molecule has 3 nitrogen and oxygen atoms in total. The molecule has 1 aromatic carbocycles. The Morgan fingerprint density at radius 1 is 1.29 bits per heavy atom. The maximum atomic E-state index is 11.8. The molecule has 0 bridgehead atoms. The zero-order valence-corrected chi connectivity index (χ0v) is 13.7. The Morgan fingerprint density at radius 2 is 2.00 bits per heavy atom. The molecule has 1 aliphatic rings. The number of halogens is 1. The molecular weight excluding hydrogens is 284 g/mol. The third kappa shape index (κ3) is 6.49. The van der Waals surface area contributed by atoms with Crippen LogP contribution < -0.4 is 10.6 Å². The van der Waals surface area contributed by atoms with Crippen LogP contribution in [0, 0.1) is 5.92 Å². The molecule has 2 rings (SSSR count). The van der Waals surface area contributed by atoms with Gasteiger partial charge in [0.25, 0.3) is 0 Å². The number of carbonyl (C=O) groups is 1. The standard InChI is InChI=1S/C17H26N2O.ClH/c1-2-14-3-5-15(6-4-14)7-8-17(20)19-12-10-16-9-11-18-13-16;/h3-6,16,18H,2,7-13H2,1H3,(H,19,20);1H. The Kier molecular flexibility index (Phi) is 8.40. The molecule has 0 spiro atoms. The summed E-state index contributed by atoms with van der Waals surface area (Å²) in [5.41, 5.74) is 2.60. The van der Waals surface area contributed by atoms with Gasteiger partial charge in [-0.05, 0) is 55.8 Å². The number of carbonyl (C=O) groups excluding carboxylic acids is 1. The number of benzene rings is 1. The average molecular weight is 311 g/mol. The number of hydrogen-bond donors (Lipinski definition) is 2. The van der Waals surface area contributed by atoms with Crippen molar-refractivity contribution in [2.24, 2.45) is 5.92 Å². The molecule has 4 heteroatoms. The first-order valence-electron chi connectivity index (χ1n) is 7.83. The first-order valence-corrected chi connectivity index (χ1v) is 7.83. The molecular formula is C17H27ClN2O. The largest absolute Gasteiger partial charge is 0.356 e. The van der Waals surface area contributed by atoms with Crippen LogP contribution in [0.5, 0.6) is 0 Å². The Balaban J connectivity index is 0.00000220. The van der Waals surface area contributed by atoms with Crippen LogP contribution in [0.2, 0.25) is 0 Å². The fourth-order valence-electron chi connectivity index (χ4n) is 2.66. The monoisotopic (exact) mass is 310 g/mol. The summed E-state index contributed by atoms with van der Waals surface area (Å²) in [5, 5.41) is 6.39. The maximum absolute atomic E-state index is 11.8. The Bertz CT molecular complexity index is 413. The molecule has 118 valence electrons. The third-order valence-electron chi connectivity index (χ3n) is 4.11. The summed E-state index contributed by atoms with van der Waals surface area (Å²) in [6, 6.07) is 8.58. The quantitative estimate of drug-likeness (QED) is 0.813. The van der Waals surface area contributed by atoms with E-state index in [4.69, 9.17) is 0 Å². The summed E-state index contributed by atoms with van der Waals surface area (Å²) in [7, 11) is 0. The maximum Gasteiger partial charge on any atom is 0.220 e. The van der Waals surface area contributed by atoms with E-state index in [1.807, 2.05) is 0 Å². The van der Waals surface area contributed by atoms with E-state index in [2.05, 4.69) is 41.8 Å². The summed E-state index contributed by atoms with van der Waals surface area (Å²) >= 11 is 0. The molecule has 0 aliphatic carbocycles. The van der Waals surface area contributed by atoms with Gasteiger partial charge in [0.05, 0.1) is 0 Å².